The van der Waals surface area contributed by atoms with Gasteiger partial charge in [-0.3, -0.25) is 9.59 Å². The van der Waals surface area contributed by atoms with Crippen molar-refractivity contribution in [3.8, 4) is 0 Å². The molecule has 0 aromatic heterocycles. The van der Waals surface area contributed by atoms with E-state index in [1.807, 2.05) is 30.0 Å². The summed E-state index contributed by atoms with van der Waals surface area (Å²) in [6, 6.07) is 13.1. The van der Waals surface area contributed by atoms with E-state index in [1.54, 1.807) is 23.1 Å². The fraction of sp³-hybridized carbons (Fsp3) is 0.300. The summed E-state index contributed by atoms with van der Waals surface area (Å²) >= 11 is 12.1. The highest BCUT2D eigenvalue weighted by Crippen LogP contribution is 2.36. The molecule has 26 heavy (non-hydrogen) atoms. The second-order valence-corrected chi connectivity index (χ2v) is 7.80. The molecule has 2 unspecified atom stereocenters. The van der Waals surface area contributed by atoms with Crippen molar-refractivity contribution >= 4 is 46.4 Å². The number of fused-ring (bicyclic) bond motifs is 1. The lowest BCUT2D eigenvalue weighted by Gasteiger charge is -2.26. The molecule has 0 saturated carbocycles. The van der Waals surface area contributed by atoms with Gasteiger partial charge in [0.25, 0.3) is 0 Å². The van der Waals surface area contributed by atoms with E-state index in [1.165, 1.54) is 5.56 Å². The van der Waals surface area contributed by atoms with Gasteiger partial charge in [0.05, 0.1) is 5.92 Å². The van der Waals surface area contributed by atoms with Crippen molar-refractivity contribution in [3.63, 3.8) is 0 Å². The molecule has 0 aliphatic carbocycles. The summed E-state index contributed by atoms with van der Waals surface area (Å²) in [7, 11) is 0. The molecule has 6 heteroatoms. The molecule has 134 valence electrons. The van der Waals surface area contributed by atoms with Gasteiger partial charge < -0.3 is 9.80 Å². The van der Waals surface area contributed by atoms with Gasteiger partial charge in [-0.2, -0.15) is 0 Å². The zero-order valence-electron chi connectivity index (χ0n) is 14.3. The maximum Gasteiger partial charge on any atom is 0.232 e. The Kier molecular flexibility index (Phi) is 4.41. The van der Waals surface area contributed by atoms with E-state index >= 15 is 0 Å². The third kappa shape index (κ3) is 2.97. The Morgan fingerprint density at radius 3 is 2.50 bits per heavy atom. The van der Waals surface area contributed by atoms with Crippen LogP contribution in [0.15, 0.2) is 42.5 Å². The molecular weight excluding hydrogens is 371 g/mol. The maximum absolute atomic E-state index is 13.2. The molecule has 0 N–H and O–H groups in total. The third-order valence-electron chi connectivity index (χ3n) is 5.08. The summed E-state index contributed by atoms with van der Waals surface area (Å²) in [5, 5.41) is 0.939. The number of nitrogens with zero attached hydrogens (tertiary/aromatic N) is 2. The number of anilines is 2. The molecular formula is C20H18Cl2N2O2. The molecule has 1 saturated heterocycles. The number of hydrogen-bond acceptors (Lipinski definition) is 2. The Labute approximate surface area is 162 Å². The minimum atomic E-state index is -0.367. The van der Waals surface area contributed by atoms with Crippen LogP contribution >= 0.6 is 23.2 Å². The smallest absolute Gasteiger partial charge is 0.232 e. The molecule has 2 aliphatic rings. The van der Waals surface area contributed by atoms with Crippen LogP contribution in [0.3, 0.4) is 0 Å². The quantitative estimate of drug-likeness (QED) is 0.768. The number of benzene rings is 2. The van der Waals surface area contributed by atoms with Gasteiger partial charge in [-0.1, -0.05) is 41.4 Å². The number of rotatable bonds is 2. The summed E-state index contributed by atoms with van der Waals surface area (Å²) in [5.74, 6) is -0.442. The van der Waals surface area contributed by atoms with E-state index < -0.39 is 0 Å². The van der Waals surface area contributed by atoms with Crippen LogP contribution in [0.25, 0.3) is 0 Å². The molecule has 2 amide bonds. The number of amides is 2. The Morgan fingerprint density at radius 1 is 1.08 bits per heavy atom. The first-order valence-corrected chi connectivity index (χ1v) is 9.37. The van der Waals surface area contributed by atoms with Gasteiger partial charge in [-0.05, 0) is 43.2 Å². The van der Waals surface area contributed by atoms with Crippen LogP contribution in [0.1, 0.15) is 18.9 Å². The van der Waals surface area contributed by atoms with Crippen LogP contribution in [0, 0.1) is 5.92 Å². The predicted molar refractivity (Wildman–Crippen MR) is 104 cm³/mol. The lowest BCUT2D eigenvalue weighted by Crippen LogP contribution is -2.41. The number of para-hydroxylation sites is 1. The van der Waals surface area contributed by atoms with E-state index in [0.29, 0.717) is 22.3 Å². The predicted octanol–water partition coefficient (Wildman–Crippen LogP) is 4.32. The van der Waals surface area contributed by atoms with Gasteiger partial charge >= 0.3 is 0 Å². The topological polar surface area (TPSA) is 40.6 Å². The molecule has 2 aromatic rings. The first-order chi connectivity index (χ1) is 12.4. The van der Waals surface area contributed by atoms with Crippen LogP contribution in [0.5, 0.6) is 0 Å². The van der Waals surface area contributed by atoms with Crippen LogP contribution in [0.2, 0.25) is 10.0 Å². The zero-order chi connectivity index (χ0) is 18.4. The summed E-state index contributed by atoms with van der Waals surface area (Å²) in [5.41, 5.74) is 2.77. The minimum absolute atomic E-state index is 0.00595. The molecule has 1 fully saturated rings. The Bertz CT molecular complexity index is 879. The molecule has 0 radical (unpaired) electrons. The summed E-state index contributed by atoms with van der Waals surface area (Å²) in [6.45, 7) is 2.39. The van der Waals surface area contributed by atoms with Gasteiger partial charge in [0.15, 0.2) is 0 Å². The van der Waals surface area contributed by atoms with Gasteiger partial charge in [-0.25, -0.2) is 0 Å². The first kappa shape index (κ1) is 17.4. The molecule has 4 nitrogen and oxygen atoms in total. The molecule has 0 bridgehead atoms. The lowest BCUT2D eigenvalue weighted by atomic mass is 10.1. The monoisotopic (exact) mass is 388 g/mol. The highest BCUT2D eigenvalue weighted by atomic mass is 35.5. The summed E-state index contributed by atoms with van der Waals surface area (Å²) in [6.07, 6.45) is 1.05. The SMILES string of the molecule is CC1Cc2ccccc2N1C(=O)C1CC(=O)N(c2cc(Cl)cc(Cl)c2)C1. The van der Waals surface area contributed by atoms with Crippen molar-refractivity contribution in [1.29, 1.82) is 0 Å². The van der Waals surface area contributed by atoms with E-state index in [-0.39, 0.29) is 30.2 Å². The average Bonchev–Trinajstić information content (AvgIpc) is 3.12. The van der Waals surface area contributed by atoms with Crippen LogP contribution in [-0.2, 0) is 16.0 Å². The number of hydrogen-bond donors (Lipinski definition) is 0. The van der Waals surface area contributed by atoms with Crippen LogP contribution in [-0.4, -0.2) is 24.4 Å². The Balaban J connectivity index is 1.58. The van der Waals surface area contributed by atoms with Gasteiger partial charge in [0.1, 0.15) is 0 Å². The number of carbonyl (C=O) groups excluding carboxylic acids is 2. The van der Waals surface area contributed by atoms with Gasteiger partial charge in [0.2, 0.25) is 11.8 Å². The summed E-state index contributed by atoms with van der Waals surface area (Å²) < 4.78 is 0. The lowest BCUT2D eigenvalue weighted by molar-refractivity contribution is -0.124. The van der Waals surface area contributed by atoms with Gasteiger partial charge in [-0.15, -0.1) is 0 Å². The Morgan fingerprint density at radius 2 is 1.77 bits per heavy atom. The van der Waals surface area contributed by atoms with E-state index in [4.69, 9.17) is 23.2 Å². The standard InChI is InChI=1S/C20H18Cl2N2O2/c1-12-6-13-4-2-3-5-18(13)24(12)20(26)14-7-19(25)23(11-14)17-9-15(21)8-16(22)10-17/h2-5,8-10,12,14H,6-7,11H2,1H3. The molecule has 0 spiro atoms. The molecule has 2 aromatic carbocycles. The highest BCUT2D eigenvalue weighted by Gasteiger charge is 2.41. The minimum Gasteiger partial charge on any atom is -0.311 e. The first-order valence-electron chi connectivity index (χ1n) is 8.61. The van der Waals surface area contributed by atoms with Crippen molar-refractivity contribution in [3.05, 3.63) is 58.1 Å². The van der Waals surface area contributed by atoms with Crippen LogP contribution in [0.4, 0.5) is 11.4 Å². The molecule has 2 atom stereocenters. The number of halogens is 2. The summed E-state index contributed by atoms with van der Waals surface area (Å²) in [4.78, 5) is 29.1. The van der Waals surface area contributed by atoms with E-state index in [9.17, 15) is 9.59 Å². The van der Waals surface area contributed by atoms with E-state index in [2.05, 4.69) is 6.07 Å². The normalized spacial score (nSPS) is 22.0. The second-order valence-electron chi connectivity index (χ2n) is 6.92. The maximum atomic E-state index is 13.2. The zero-order valence-corrected chi connectivity index (χ0v) is 15.8. The fourth-order valence-electron chi connectivity index (χ4n) is 3.92. The molecule has 4 rings (SSSR count). The third-order valence-corrected chi connectivity index (χ3v) is 5.51. The van der Waals surface area contributed by atoms with Crippen molar-refractivity contribution < 1.29 is 9.59 Å². The van der Waals surface area contributed by atoms with Crippen molar-refractivity contribution in [2.24, 2.45) is 5.92 Å². The van der Waals surface area contributed by atoms with Crippen molar-refractivity contribution in [1.82, 2.24) is 0 Å². The van der Waals surface area contributed by atoms with Crippen LogP contribution < -0.4 is 9.80 Å². The molecule has 2 aliphatic heterocycles. The second kappa shape index (κ2) is 6.60. The van der Waals surface area contributed by atoms with Gasteiger partial charge in [0, 0.05) is 40.4 Å². The fourth-order valence-corrected chi connectivity index (χ4v) is 4.43. The average molecular weight is 389 g/mol. The largest absolute Gasteiger partial charge is 0.311 e. The highest BCUT2D eigenvalue weighted by molar-refractivity contribution is 6.35. The Hall–Kier alpha value is -2.04. The van der Waals surface area contributed by atoms with E-state index in [0.717, 1.165) is 12.1 Å². The molecule has 2 heterocycles. The van der Waals surface area contributed by atoms with Crippen molar-refractivity contribution in [2.75, 3.05) is 16.3 Å². The van der Waals surface area contributed by atoms with Crippen molar-refractivity contribution in [2.45, 2.75) is 25.8 Å². The number of carbonyl (C=O) groups is 2.